The molecule has 0 heterocycles. The quantitative estimate of drug-likeness (QED) is 0.778. The summed E-state index contributed by atoms with van der Waals surface area (Å²) >= 11 is 3.25. The molecule has 0 aliphatic heterocycles. The van der Waals surface area contributed by atoms with Crippen LogP contribution in [0.15, 0.2) is 28.7 Å². The first kappa shape index (κ1) is 10.4. The van der Waals surface area contributed by atoms with E-state index in [2.05, 4.69) is 15.9 Å². The van der Waals surface area contributed by atoms with Crippen molar-refractivity contribution < 1.29 is 9.90 Å². The molecule has 1 aromatic rings. The van der Waals surface area contributed by atoms with E-state index in [0.29, 0.717) is 5.56 Å². The van der Waals surface area contributed by atoms with Crippen LogP contribution in [-0.4, -0.2) is 23.5 Å². The van der Waals surface area contributed by atoms with E-state index in [1.807, 2.05) is 6.07 Å². The standard InChI is InChI=1S/C9H10BrNO2/c10-7-3-1-2-6(4-7)9(13)8(11)5-12/h1-4,8,12H,5,11H2. The minimum absolute atomic E-state index is 0.246. The van der Waals surface area contributed by atoms with Gasteiger partial charge in [-0.05, 0) is 12.1 Å². The van der Waals surface area contributed by atoms with Crippen molar-refractivity contribution in [3.05, 3.63) is 34.3 Å². The van der Waals surface area contributed by atoms with Gasteiger partial charge in [-0.3, -0.25) is 4.79 Å². The molecule has 13 heavy (non-hydrogen) atoms. The van der Waals surface area contributed by atoms with Gasteiger partial charge in [0.25, 0.3) is 0 Å². The summed E-state index contributed by atoms with van der Waals surface area (Å²) in [5.41, 5.74) is 5.89. The first-order chi connectivity index (χ1) is 6.15. The van der Waals surface area contributed by atoms with Crippen molar-refractivity contribution in [2.75, 3.05) is 6.61 Å². The highest BCUT2D eigenvalue weighted by Gasteiger charge is 2.14. The number of benzene rings is 1. The Morgan fingerprint density at radius 1 is 1.62 bits per heavy atom. The Bertz CT molecular complexity index is 314. The van der Waals surface area contributed by atoms with Crippen LogP contribution in [0.5, 0.6) is 0 Å². The van der Waals surface area contributed by atoms with Crippen molar-refractivity contribution in [2.45, 2.75) is 6.04 Å². The van der Waals surface area contributed by atoms with E-state index in [1.54, 1.807) is 18.2 Å². The van der Waals surface area contributed by atoms with Crippen LogP contribution >= 0.6 is 15.9 Å². The maximum atomic E-state index is 11.4. The normalized spacial score (nSPS) is 12.5. The maximum Gasteiger partial charge on any atom is 0.181 e. The minimum Gasteiger partial charge on any atom is -0.394 e. The van der Waals surface area contributed by atoms with Crippen LogP contribution in [0.25, 0.3) is 0 Å². The van der Waals surface area contributed by atoms with Gasteiger partial charge in [-0.2, -0.15) is 0 Å². The van der Waals surface area contributed by atoms with E-state index in [1.165, 1.54) is 0 Å². The Morgan fingerprint density at radius 2 is 2.31 bits per heavy atom. The summed E-state index contributed by atoms with van der Waals surface area (Å²) in [4.78, 5) is 11.4. The van der Waals surface area contributed by atoms with Gasteiger partial charge in [0.15, 0.2) is 5.78 Å². The third-order valence-electron chi connectivity index (χ3n) is 1.64. The predicted octanol–water partition coefficient (Wildman–Crippen LogP) is 0.951. The third-order valence-corrected chi connectivity index (χ3v) is 2.14. The van der Waals surface area contributed by atoms with E-state index in [0.717, 1.165) is 4.47 Å². The van der Waals surface area contributed by atoms with E-state index in [-0.39, 0.29) is 12.4 Å². The first-order valence-electron chi connectivity index (χ1n) is 3.81. The molecule has 0 fully saturated rings. The van der Waals surface area contributed by atoms with Gasteiger partial charge in [0.05, 0.1) is 12.6 Å². The van der Waals surface area contributed by atoms with E-state index in [4.69, 9.17) is 10.8 Å². The molecule has 1 rings (SSSR count). The van der Waals surface area contributed by atoms with Gasteiger partial charge < -0.3 is 10.8 Å². The van der Waals surface area contributed by atoms with E-state index in [9.17, 15) is 4.79 Å². The number of hydrogen-bond acceptors (Lipinski definition) is 3. The van der Waals surface area contributed by atoms with Crippen LogP contribution in [0.2, 0.25) is 0 Å². The van der Waals surface area contributed by atoms with E-state index >= 15 is 0 Å². The topological polar surface area (TPSA) is 63.3 Å². The summed E-state index contributed by atoms with van der Waals surface area (Å²) in [7, 11) is 0. The molecule has 3 nitrogen and oxygen atoms in total. The fraction of sp³-hybridized carbons (Fsp3) is 0.222. The van der Waals surface area contributed by atoms with Crippen molar-refractivity contribution >= 4 is 21.7 Å². The smallest absolute Gasteiger partial charge is 0.181 e. The number of carbonyl (C=O) groups is 1. The molecule has 0 aliphatic carbocycles. The first-order valence-corrected chi connectivity index (χ1v) is 4.60. The summed E-state index contributed by atoms with van der Waals surface area (Å²) < 4.78 is 0.823. The van der Waals surface area contributed by atoms with Gasteiger partial charge in [0.1, 0.15) is 0 Å². The van der Waals surface area contributed by atoms with E-state index < -0.39 is 6.04 Å². The third kappa shape index (κ3) is 2.62. The van der Waals surface area contributed by atoms with Crippen LogP contribution in [-0.2, 0) is 0 Å². The van der Waals surface area contributed by atoms with Crippen LogP contribution in [0, 0.1) is 0 Å². The molecule has 0 saturated carbocycles. The SMILES string of the molecule is NC(CO)C(=O)c1cccc(Br)c1. The zero-order chi connectivity index (χ0) is 9.84. The zero-order valence-electron chi connectivity index (χ0n) is 6.90. The average molecular weight is 244 g/mol. The number of nitrogens with two attached hydrogens (primary N) is 1. The molecule has 0 aromatic heterocycles. The van der Waals surface area contributed by atoms with Crippen LogP contribution in [0.3, 0.4) is 0 Å². The number of aliphatic hydroxyl groups is 1. The van der Waals surface area contributed by atoms with Crippen LogP contribution in [0.1, 0.15) is 10.4 Å². The van der Waals surface area contributed by atoms with Crippen molar-refractivity contribution in [3.8, 4) is 0 Å². The fourth-order valence-corrected chi connectivity index (χ4v) is 1.34. The summed E-state index contributed by atoms with van der Waals surface area (Å²) in [5.74, 6) is -0.246. The highest BCUT2D eigenvalue weighted by molar-refractivity contribution is 9.10. The van der Waals surface area contributed by atoms with Crippen molar-refractivity contribution in [3.63, 3.8) is 0 Å². The summed E-state index contributed by atoms with van der Waals surface area (Å²) in [6.45, 7) is -0.328. The second-order valence-corrected chi connectivity index (χ2v) is 3.58. The largest absolute Gasteiger partial charge is 0.394 e. The molecule has 1 atom stereocenters. The summed E-state index contributed by atoms with van der Waals surface area (Å²) in [6.07, 6.45) is 0. The minimum atomic E-state index is -0.825. The molecule has 0 bridgehead atoms. The molecule has 1 unspecified atom stereocenters. The van der Waals surface area contributed by atoms with Gasteiger partial charge >= 0.3 is 0 Å². The van der Waals surface area contributed by atoms with Crippen molar-refractivity contribution in [2.24, 2.45) is 5.73 Å². The maximum absolute atomic E-state index is 11.4. The van der Waals surface area contributed by atoms with Crippen LogP contribution in [0.4, 0.5) is 0 Å². The van der Waals surface area contributed by atoms with Gasteiger partial charge in [0, 0.05) is 10.0 Å². The lowest BCUT2D eigenvalue weighted by atomic mass is 10.1. The zero-order valence-corrected chi connectivity index (χ0v) is 8.49. The van der Waals surface area contributed by atoms with Crippen molar-refractivity contribution in [1.82, 2.24) is 0 Å². The Kier molecular flexibility index (Phi) is 3.59. The Morgan fingerprint density at radius 3 is 2.85 bits per heavy atom. The molecule has 3 N–H and O–H groups in total. The lowest BCUT2D eigenvalue weighted by Gasteiger charge is -2.06. The molecule has 0 aliphatic rings. The number of halogens is 1. The second-order valence-electron chi connectivity index (χ2n) is 2.66. The molecule has 0 radical (unpaired) electrons. The van der Waals surface area contributed by atoms with Crippen LogP contribution < -0.4 is 5.73 Å². The lowest BCUT2D eigenvalue weighted by molar-refractivity contribution is 0.0925. The molecule has 4 heteroatoms. The molecular formula is C9H10BrNO2. The highest BCUT2D eigenvalue weighted by Crippen LogP contribution is 2.12. The average Bonchev–Trinajstić information content (AvgIpc) is 2.15. The Balaban J connectivity index is 2.89. The fourth-order valence-electron chi connectivity index (χ4n) is 0.939. The molecule has 70 valence electrons. The number of hydrogen-bond donors (Lipinski definition) is 2. The van der Waals surface area contributed by atoms with Gasteiger partial charge in [-0.25, -0.2) is 0 Å². The highest BCUT2D eigenvalue weighted by atomic mass is 79.9. The number of aliphatic hydroxyl groups excluding tert-OH is 1. The predicted molar refractivity (Wildman–Crippen MR) is 53.5 cm³/mol. The number of Topliss-reactive ketones (excluding diaryl/α,β-unsaturated/α-hetero) is 1. The molecular weight excluding hydrogens is 234 g/mol. The molecule has 0 saturated heterocycles. The van der Waals surface area contributed by atoms with Gasteiger partial charge in [-0.1, -0.05) is 28.1 Å². The Labute approximate surface area is 84.7 Å². The van der Waals surface area contributed by atoms with Crippen molar-refractivity contribution in [1.29, 1.82) is 0 Å². The summed E-state index contributed by atoms with van der Waals surface area (Å²) in [5, 5.41) is 8.68. The molecule has 1 aromatic carbocycles. The lowest BCUT2D eigenvalue weighted by Crippen LogP contribution is -2.33. The summed E-state index contributed by atoms with van der Waals surface area (Å²) in [6, 6.07) is 6.10. The molecule has 0 spiro atoms. The Hall–Kier alpha value is -0.710. The van der Waals surface area contributed by atoms with Gasteiger partial charge in [0.2, 0.25) is 0 Å². The molecule has 0 amide bonds. The number of rotatable bonds is 3. The number of ketones is 1. The van der Waals surface area contributed by atoms with Gasteiger partial charge in [-0.15, -0.1) is 0 Å². The number of carbonyl (C=O) groups excluding carboxylic acids is 1. The second kappa shape index (κ2) is 4.50. The monoisotopic (exact) mass is 243 g/mol.